The molecule has 9 nitrogen and oxygen atoms in total. The lowest BCUT2D eigenvalue weighted by Gasteiger charge is -2.34. The van der Waals surface area contributed by atoms with Gasteiger partial charge in [-0.25, -0.2) is 22.2 Å². The smallest absolute Gasteiger partial charge is 0.404 e. The van der Waals surface area contributed by atoms with Crippen LogP contribution in [0.1, 0.15) is 45.2 Å². The van der Waals surface area contributed by atoms with Crippen LogP contribution in [-0.4, -0.2) is 52.8 Å². The SMILES string of the molecule is C[C@H](NS(=O)(=O)c1ccc(-c2sc(-c3nnc(CC(C)(C)C(=O)O)o3)nc2CC2CC(F)(F)C2)c2ccccc12)C(F)(F)F. The minimum absolute atomic E-state index is 0.00790. The molecule has 0 amide bonds. The van der Waals surface area contributed by atoms with Gasteiger partial charge in [0.15, 0.2) is 5.01 Å². The van der Waals surface area contributed by atoms with Crippen molar-refractivity contribution in [3.05, 3.63) is 48.0 Å². The highest BCUT2D eigenvalue weighted by atomic mass is 32.2. The van der Waals surface area contributed by atoms with Crippen molar-refractivity contribution >= 4 is 38.1 Å². The molecule has 1 saturated carbocycles. The molecule has 5 rings (SSSR count). The number of carboxylic acids is 1. The number of carboxylic acid groups (broad SMARTS) is 1. The van der Waals surface area contributed by atoms with E-state index in [1.54, 1.807) is 22.9 Å². The van der Waals surface area contributed by atoms with Gasteiger partial charge < -0.3 is 9.52 Å². The Kier molecular flexibility index (Phi) is 8.08. The molecule has 44 heavy (non-hydrogen) atoms. The van der Waals surface area contributed by atoms with Gasteiger partial charge in [0.2, 0.25) is 21.8 Å². The molecule has 0 radical (unpaired) electrons. The van der Waals surface area contributed by atoms with E-state index in [2.05, 4.69) is 15.2 Å². The number of fused-ring (bicyclic) bond motifs is 1. The Balaban J connectivity index is 1.58. The maximum atomic E-state index is 13.7. The molecular formula is C28H27F5N4O5S2. The summed E-state index contributed by atoms with van der Waals surface area (Å²) < 4.78 is 100. The second kappa shape index (κ2) is 11.1. The van der Waals surface area contributed by atoms with Gasteiger partial charge in [-0.05, 0) is 44.6 Å². The van der Waals surface area contributed by atoms with E-state index in [0.717, 1.165) is 11.3 Å². The zero-order chi connectivity index (χ0) is 32.2. The summed E-state index contributed by atoms with van der Waals surface area (Å²) in [4.78, 5) is 16.3. The van der Waals surface area contributed by atoms with E-state index < -0.39 is 39.5 Å². The second-order valence-corrected chi connectivity index (χ2v) is 14.2. The average Bonchev–Trinajstić information content (AvgIpc) is 3.52. The number of thiazole rings is 1. The zero-order valence-electron chi connectivity index (χ0n) is 23.6. The summed E-state index contributed by atoms with van der Waals surface area (Å²) >= 11 is 1.10. The average molecular weight is 659 g/mol. The maximum absolute atomic E-state index is 13.7. The normalized spacial score (nSPS) is 16.6. The fraction of sp³-hybridized carbons (Fsp3) is 0.429. The van der Waals surface area contributed by atoms with Crippen molar-refractivity contribution in [3.63, 3.8) is 0 Å². The minimum atomic E-state index is -4.80. The monoisotopic (exact) mass is 658 g/mol. The molecule has 2 heterocycles. The van der Waals surface area contributed by atoms with Gasteiger partial charge in [-0.3, -0.25) is 4.79 Å². The number of alkyl halides is 5. The van der Waals surface area contributed by atoms with Gasteiger partial charge in [0.25, 0.3) is 5.89 Å². The minimum Gasteiger partial charge on any atom is -0.481 e. The fourth-order valence-corrected chi connectivity index (χ4v) is 7.42. The molecule has 2 aromatic carbocycles. The van der Waals surface area contributed by atoms with Crippen molar-refractivity contribution in [2.75, 3.05) is 0 Å². The van der Waals surface area contributed by atoms with E-state index in [1.807, 2.05) is 0 Å². The Morgan fingerprint density at radius 2 is 1.80 bits per heavy atom. The number of nitrogens with zero attached hydrogens (tertiary/aromatic N) is 3. The Hall–Kier alpha value is -3.50. The van der Waals surface area contributed by atoms with Crippen LogP contribution in [0.15, 0.2) is 45.7 Å². The molecule has 2 aromatic heterocycles. The van der Waals surface area contributed by atoms with Crippen LogP contribution in [-0.2, 0) is 27.7 Å². The van der Waals surface area contributed by atoms with Gasteiger partial charge in [0, 0.05) is 30.2 Å². The largest absolute Gasteiger partial charge is 0.481 e. The summed E-state index contributed by atoms with van der Waals surface area (Å²) in [5.74, 6) is -4.15. The first-order chi connectivity index (χ1) is 20.4. The molecular weight excluding hydrogens is 631 g/mol. The molecule has 1 aliphatic carbocycles. The first-order valence-electron chi connectivity index (χ1n) is 13.4. The van der Waals surface area contributed by atoms with Crippen molar-refractivity contribution in [1.29, 1.82) is 0 Å². The zero-order valence-corrected chi connectivity index (χ0v) is 25.2. The second-order valence-electron chi connectivity index (χ2n) is 11.5. The van der Waals surface area contributed by atoms with E-state index in [1.165, 1.54) is 32.0 Å². The Labute approximate surface area is 252 Å². The molecule has 0 saturated heterocycles. The predicted molar refractivity (Wildman–Crippen MR) is 151 cm³/mol. The number of halogens is 5. The summed E-state index contributed by atoms with van der Waals surface area (Å²) in [6, 6.07) is 6.57. The van der Waals surface area contributed by atoms with Gasteiger partial charge in [-0.1, -0.05) is 30.3 Å². The van der Waals surface area contributed by atoms with E-state index in [4.69, 9.17) is 4.42 Å². The standard InChI is InChI=1S/C28H27F5N4O5S2/c1-14(28(31,32)33)37-44(40,41)20-9-8-18(16-6-4-5-7-17(16)20)22-19(10-15-11-27(29,30)12-15)34-24(43-22)23-36-35-21(42-23)13-26(2,3)25(38)39/h4-9,14-15,37H,10-13H2,1-3H3,(H,38,39)/t14-/m0/s1. The third-order valence-corrected chi connectivity index (χ3v) is 10.1. The first kappa shape index (κ1) is 31.9. The third kappa shape index (κ3) is 6.47. The molecule has 236 valence electrons. The lowest BCUT2D eigenvalue weighted by Crippen LogP contribution is -2.43. The predicted octanol–water partition coefficient (Wildman–Crippen LogP) is 6.48. The van der Waals surface area contributed by atoms with Crippen molar-refractivity contribution in [1.82, 2.24) is 19.9 Å². The van der Waals surface area contributed by atoms with Crippen LogP contribution in [0.2, 0.25) is 0 Å². The molecule has 0 unspecified atom stereocenters. The van der Waals surface area contributed by atoms with Crippen molar-refractivity contribution in [3.8, 4) is 21.3 Å². The number of aliphatic carboxylic acids is 1. The fourth-order valence-electron chi connectivity index (χ4n) is 4.93. The molecule has 1 fully saturated rings. The first-order valence-corrected chi connectivity index (χ1v) is 15.7. The topological polar surface area (TPSA) is 135 Å². The maximum Gasteiger partial charge on any atom is 0.404 e. The molecule has 4 aromatic rings. The summed E-state index contributed by atoms with van der Waals surface area (Å²) in [6.45, 7) is 3.71. The summed E-state index contributed by atoms with van der Waals surface area (Å²) in [5.41, 5.74) is -0.271. The van der Waals surface area contributed by atoms with Gasteiger partial charge in [-0.2, -0.15) is 17.9 Å². The Morgan fingerprint density at radius 1 is 1.14 bits per heavy atom. The van der Waals surface area contributed by atoms with Crippen LogP contribution in [0.4, 0.5) is 22.0 Å². The third-order valence-electron chi connectivity index (χ3n) is 7.42. The molecule has 1 aliphatic rings. The number of aromatic nitrogens is 3. The van der Waals surface area contributed by atoms with Gasteiger partial charge in [0.05, 0.1) is 20.9 Å². The van der Waals surface area contributed by atoms with Crippen LogP contribution in [0.5, 0.6) is 0 Å². The van der Waals surface area contributed by atoms with Crippen LogP contribution in [0.3, 0.4) is 0 Å². The molecule has 2 N–H and O–H groups in total. The molecule has 0 bridgehead atoms. The molecule has 0 aliphatic heterocycles. The highest BCUT2D eigenvalue weighted by Crippen LogP contribution is 2.47. The lowest BCUT2D eigenvalue weighted by atomic mass is 9.78. The molecule has 16 heteroatoms. The highest BCUT2D eigenvalue weighted by Gasteiger charge is 2.45. The van der Waals surface area contributed by atoms with E-state index >= 15 is 0 Å². The van der Waals surface area contributed by atoms with E-state index in [0.29, 0.717) is 28.4 Å². The van der Waals surface area contributed by atoms with Crippen LogP contribution in [0.25, 0.3) is 32.1 Å². The van der Waals surface area contributed by atoms with Crippen molar-refractivity contribution in [2.24, 2.45) is 11.3 Å². The number of nitrogens with one attached hydrogen (secondary N) is 1. The van der Waals surface area contributed by atoms with Crippen LogP contribution < -0.4 is 4.72 Å². The number of carbonyl (C=O) groups is 1. The van der Waals surface area contributed by atoms with E-state index in [-0.39, 0.29) is 58.7 Å². The summed E-state index contributed by atoms with van der Waals surface area (Å²) in [5, 5.41) is 18.2. The van der Waals surface area contributed by atoms with Crippen LogP contribution >= 0.6 is 11.3 Å². The van der Waals surface area contributed by atoms with Gasteiger partial charge >= 0.3 is 12.1 Å². The number of sulfonamides is 1. The van der Waals surface area contributed by atoms with E-state index in [9.17, 15) is 40.3 Å². The Morgan fingerprint density at radius 3 is 2.41 bits per heavy atom. The highest BCUT2D eigenvalue weighted by molar-refractivity contribution is 7.89. The number of benzene rings is 2. The van der Waals surface area contributed by atoms with Gasteiger partial charge in [0.1, 0.15) is 6.04 Å². The summed E-state index contributed by atoms with van der Waals surface area (Å²) in [7, 11) is -4.60. The van der Waals surface area contributed by atoms with Crippen LogP contribution in [0, 0.1) is 11.3 Å². The lowest BCUT2D eigenvalue weighted by molar-refractivity contribution is -0.147. The quantitative estimate of drug-likeness (QED) is 0.185. The number of hydrogen-bond donors (Lipinski definition) is 2. The number of hydrogen-bond acceptors (Lipinski definition) is 8. The van der Waals surface area contributed by atoms with Crippen molar-refractivity contribution < 1.29 is 44.7 Å². The summed E-state index contributed by atoms with van der Waals surface area (Å²) in [6.07, 6.45) is -5.33. The molecule has 0 spiro atoms. The molecule has 1 atom stereocenters. The Bertz CT molecular complexity index is 1830. The number of rotatable bonds is 10. The van der Waals surface area contributed by atoms with Gasteiger partial charge in [-0.15, -0.1) is 21.5 Å². The van der Waals surface area contributed by atoms with Crippen molar-refractivity contribution in [2.45, 2.75) is 69.5 Å².